The number of aromatic nitrogens is 3. The summed E-state index contributed by atoms with van der Waals surface area (Å²) in [6, 6.07) is 9.86. The fraction of sp³-hybridized carbons (Fsp3) is 0.478. The van der Waals surface area contributed by atoms with Crippen LogP contribution in [0.2, 0.25) is 0 Å². The van der Waals surface area contributed by atoms with Crippen molar-refractivity contribution in [3.05, 3.63) is 57.0 Å². The van der Waals surface area contributed by atoms with Crippen molar-refractivity contribution in [2.75, 3.05) is 19.6 Å². The van der Waals surface area contributed by atoms with Crippen molar-refractivity contribution in [2.24, 2.45) is 0 Å². The number of piperidine rings is 1. The number of rotatable bonds is 6. The lowest BCUT2D eigenvalue weighted by Gasteiger charge is -2.35. The normalized spacial score (nSPS) is 18.9. The molecule has 1 aliphatic heterocycles. The van der Waals surface area contributed by atoms with Gasteiger partial charge in [0.1, 0.15) is 0 Å². The van der Waals surface area contributed by atoms with Crippen molar-refractivity contribution >= 4 is 27.5 Å². The summed E-state index contributed by atoms with van der Waals surface area (Å²) < 4.78 is 2.65. The number of fused-ring (bicyclic) bond motifs is 2. The van der Waals surface area contributed by atoms with Crippen molar-refractivity contribution in [1.29, 1.82) is 0 Å². The van der Waals surface area contributed by atoms with Crippen LogP contribution < -0.4 is 10.9 Å². The van der Waals surface area contributed by atoms with Crippen LogP contribution in [-0.2, 0) is 19.4 Å². The number of thiazole rings is 1. The summed E-state index contributed by atoms with van der Waals surface area (Å²) in [4.78, 5) is 31.9. The van der Waals surface area contributed by atoms with Gasteiger partial charge in [0.25, 0.3) is 11.5 Å². The number of carbonyl (C=O) groups excluding carboxylic acids is 1. The molecule has 1 atom stereocenters. The Bertz CT molecular complexity index is 1120. The minimum Gasteiger partial charge on any atom is -0.348 e. The first-order chi connectivity index (χ1) is 15.2. The lowest BCUT2D eigenvalue weighted by molar-refractivity contribution is 0.0909. The van der Waals surface area contributed by atoms with Gasteiger partial charge in [-0.25, -0.2) is 9.67 Å². The van der Waals surface area contributed by atoms with E-state index in [4.69, 9.17) is 0 Å². The van der Waals surface area contributed by atoms with E-state index >= 15 is 0 Å². The number of likely N-dealkylation sites (tertiary alicyclic amines) is 1. The van der Waals surface area contributed by atoms with Gasteiger partial charge in [-0.05, 0) is 56.3 Å². The Morgan fingerprint density at radius 3 is 2.97 bits per heavy atom. The molecule has 1 aromatic carbocycles. The monoisotopic (exact) mass is 437 g/mol. The third-order valence-corrected chi connectivity index (χ3v) is 7.39. The van der Waals surface area contributed by atoms with Gasteiger partial charge in [0.2, 0.25) is 0 Å². The van der Waals surface area contributed by atoms with E-state index in [-0.39, 0.29) is 17.5 Å². The van der Waals surface area contributed by atoms with Gasteiger partial charge < -0.3 is 5.32 Å². The molecule has 1 N–H and O–H groups in total. The number of hydrogen-bond acceptors (Lipinski definition) is 6. The second-order valence-electron chi connectivity index (χ2n) is 8.41. The maximum absolute atomic E-state index is 12.7. The van der Waals surface area contributed by atoms with Gasteiger partial charge in [0, 0.05) is 25.2 Å². The molecule has 0 bridgehead atoms. The Balaban J connectivity index is 1.20. The number of nitrogens with one attached hydrogen (secondary N) is 1. The lowest BCUT2D eigenvalue weighted by atomic mass is 10.0. The molecular weight excluding hydrogens is 410 g/mol. The molecular formula is C23H27N5O2S. The first-order valence-electron chi connectivity index (χ1n) is 11.1. The molecule has 1 saturated heterocycles. The summed E-state index contributed by atoms with van der Waals surface area (Å²) in [6.07, 6.45) is 6.39. The first kappa shape index (κ1) is 20.3. The number of benzene rings is 1. The molecule has 5 rings (SSSR count). The van der Waals surface area contributed by atoms with Crippen molar-refractivity contribution in [3.63, 3.8) is 0 Å². The van der Waals surface area contributed by atoms with Gasteiger partial charge >= 0.3 is 0 Å². The number of nitrogens with zero attached hydrogens (tertiary/aromatic N) is 4. The summed E-state index contributed by atoms with van der Waals surface area (Å²) in [5.41, 5.74) is 3.06. The van der Waals surface area contributed by atoms with Crippen molar-refractivity contribution in [2.45, 2.75) is 51.1 Å². The molecule has 0 radical (unpaired) electrons. The number of aryl methyl sites for hydroxylation is 2. The lowest BCUT2D eigenvalue weighted by Crippen LogP contribution is -2.48. The van der Waals surface area contributed by atoms with Crippen LogP contribution in [0.1, 0.15) is 46.7 Å². The largest absolute Gasteiger partial charge is 0.348 e. The predicted molar refractivity (Wildman–Crippen MR) is 122 cm³/mol. The Labute approximate surface area is 185 Å². The van der Waals surface area contributed by atoms with E-state index in [9.17, 15) is 9.59 Å². The van der Waals surface area contributed by atoms with Crippen molar-refractivity contribution < 1.29 is 4.79 Å². The summed E-state index contributed by atoms with van der Waals surface area (Å²) in [7, 11) is 0. The molecule has 0 spiro atoms. The Morgan fingerprint density at radius 2 is 2.06 bits per heavy atom. The van der Waals surface area contributed by atoms with Crippen LogP contribution in [-0.4, -0.2) is 51.2 Å². The Morgan fingerprint density at radius 1 is 1.16 bits per heavy atom. The van der Waals surface area contributed by atoms with Gasteiger partial charge in [0.15, 0.2) is 5.01 Å². The first-order valence-corrected chi connectivity index (χ1v) is 12.0. The van der Waals surface area contributed by atoms with Crippen molar-refractivity contribution in [3.8, 4) is 0 Å². The van der Waals surface area contributed by atoms with Gasteiger partial charge in [-0.2, -0.15) is 5.10 Å². The van der Waals surface area contributed by atoms with Gasteiger partial charge in [0.05, 0.1) is 22.5 Å². The Hall–Kier alpha value is -2.58. The molecule has 1 aliphatic carbocycles. The van der Waals surface area contributed by atoms with Gasteiger partial charge in [-0.3, -0.25) is 14.5 Å². The average molecular weight is 438 g/mol. The fourth-order valence-electron chi connectivity index (χ4n) is 4.66. The van der Waals surface area contributed by atoms with Gasteiger partial charge in [-0.15, -0.1) is 11.3 Å². The molecule has 1 unspecified atom stereocenters. The number of amides is 1. The molecule has 8 heteroatoms. The minimum atomic E-state index is -0.108. The quantitative estimate of drug-likeness (QED) is 0.641. The van der Waals surface area contributed by atoms with Crippen LogP contribution in [0, 0.1) is 0 Å². The molecule has 0 saturated carbocycles. The van der Waals surface area contributed by atoms with E-state index in [1.165, 1.54) is 11.3 Å². The van der Waals surface area contributed by atoms with Crippen LogP contribution in [0.15, 0.2) is 35.1 Å². The third-order valence-electron chi connectivity index (χ3n) is 6.36. The molecule has 162 valence electrons. The van der Waals surface area contributed by atoms with Crippen LogP contribution in [0.5, 0.6) is 0 Å². The summed E-state index contributed by atoms with van der Waals surface area (Å²) >= 11 is 1.43. The van der Waals surface area contributed by atoms with E-state index in [1.807, 2.05) is 24.3 Å². The van der Waals surface area contributed by atoms with Crippen LogP contribution in [0.4, 0.5) is 0 Å². The predicted octanol–water partition coefficient (Wildman–Crippen LogP) is 2.63. The second kappa shape index (κ2) is 8.88. The number of hydrogen-bond donors (Lipinski definition) is 1. The van der Waals surface area contributed by atoms with Crippen LogP contribution >= 0.6 is 11.3 Å². The zero-order valence-corrected chi connectivity index (χ0v) is 18.4. The molecule has 31 heavy (non-hydrogen) atoms. The number of para-hydroxylation sites is 1. The van der Waals surface area contributed by atoms with E-state index in [0.717, 1.165) is 73.1 Å². The standard InChI is InChI=1S/C23H27N5O2S/c29-21-14-16-6-5-9-18(16)26-28(21)13-12-27-11-4-3-7-17(27)15-24-22(30)23-25-19-8-1-2-10-20(19)31-23/h1-2,8,10,14,17H,3-7,9,11-13,15H2,(H,24,30). The zero-order chi connectivity index (χ0) is 21.2. The molecule has 2 aliphatic rings. The zero-order valence-electron chi connectivity index (χ0n) is 17.5. The summed E-state index contributed by atoms with van der Waals surface area (Å²) in [5.74, 6) is -0.108. The SMILES string of the molecule is O=C(NCC1CCCCN1CCn1nc2c(cc1=O)CCC2)c1nc2ccccc2s1. The minimum absolute atomic E-state index is 0.00153. The van der Waals surface area contributed by atoms with Crippen molar-refractivity contribution in [1.82, 2.24) is 25.0 Å². The highest BCUT2D eigenvalue weighted by molar-refractivity contribution is 7.20. The fourth-order valence-corrected chi connectivity index (χ4v) is 5.55. The molecule has 7 nitrogen and oxygen atoms in total. The van der Waals surface area contributed by atoms with Crippen LogP contribution in [0.3, 0.4) is 0 Å². The summed E-state index contributed by atoms with van der Waals surface area (Å²) in [6.45, 7) is 2.95. The summed E-state index contributed by atoms with van der Waals surface area (Å²) in [5, 5.41) is 8.20. The maximum Gasteiger partial charge on any atom is 0.280 e. The molecule has 1 fully saturated rings. The number of carbonyl (C=O) groups is 1. The molecule has 3 aromatic rings. The maximum atomic E-state index is 12.7. The third kappa shape index (κ3) is 4.41. The van der Waals surface area contributed by atoms with E-state index in [0.29, 0.717) is 18.1 Å². The Kier molecular flexibility index (Phi) is 5.82. The smallest absolute Gasteiger partial charge is 0.280 e. The van der Waals surface area contributed by atoms with Crippen LogP contribution in [0.25, 0.3) is 10.2 Å². The highest BCUT2D eigenvalue weighted by atomic mass is 32.1. The highest BCUT2D eigenvalue weighted by Gasteiger charge is 2.24. The van der Waals surface area contributed by atoms with Gasteiger partial charge in [-0.1, -0.05) is 18.6 Å². The molecule has 3 heterocycles. The van der Waals surface area contributed by atoms with E-state index in [2.05, 4.69) is 20.3 Å². The second-order valence-corrected chi connectivity index (χ2v) is 9.44. The van der Waals surface area contributed by atoms with E-state index in [1.54, 1.807) is 10.7 Å². The van der Waals surface area contributed by atoms with E-state index < -0.39 is 0 Å². The molecule has 2 aromatic heterocycles. The molecule has 1 amide bonds. The topological polar surface area (TPSA) is 80.1 Å². The highest BCUT2D eigenvalue weighted by Crippen LogP contribution is 2.22. The average Bonchev–Trinajstić information content (AvgIpc) is 3.42.